The summed E-state index contributed by atoms with van der Waals surface area (Å²) in [6.07, 6.45) is 0.650. The topological polar surface area (TPSA) is 99.1 Å². The van der Waals surface area contributed by atoms with Gasteiger partial charge in [-0.2, -0.15) is 0 Å². The second-order valence-corrected chi connectivity index (χ2v) is 5.78. The molecule has 0 unspecified atom stereocenters. The first-order valence-corrected chi connectivity index (χ1v) is 7.86. The summed E-state index contributed by atoms with van der Waals surface area (Å²) in [6.45, 7) is 2.07. The summed E-state index contributed by atoms with van der Waals surface area (Å²) in [4.78, 5) is 36.8. The van der Waals surface area contributed by atoms with Crippen LogP contribution >= 0.6 is 11.6 Å². The molecule has 0 fully saturated rings. The normalized spacial score (nSPS) is 10.6. The fraction of sp³-hybridized carbons (Fsp3) is 0.312. The minimum absolute atomic E-state index is 0.0946. The van der Waals surface area contributed by atoms with Crippen molar-refractivity contribution in [2.24, 2.45) is 7.05 Å². The lowest BCUT2D eigenvalue weighted by atomic mass is 10.2. The molecule has 0 radical (unpaired) electrons. The third-order valence-electron chi connectivity index (χ3n) is 3.59. The van der Waals surface area contributed by atoms with Gasteiger partial charge in [0, 0.05) is 24.3 Å². The number of hydrogen-bond acceptors (Lipinski definition) is 5. The second-order valence-electron chi connectivity index (χ2n) is 5.35. The van der Waals surface area contributed by atoms with Gasteiger partial charge in [-0.1, -0.05) is 24.6 Å². The maximum absolute atomic E-state index is 12.5. The van der Waals surface area contributed by atoms with E-state index < -0.39 is 17.0 Å². The maximum atomic E-state index is 12.5. The van der Waals surface area contributed by atoms with Crippen LogP contribution in [0.15, 0.2) is 33.9 Å². The molecule has 0 aliphatic carbocycles. The van der Waals surface area contributed by atoms with E-state index >= 15 is 0 Å². The first-order chi connectivity index (χ1) is 11.4. The summed E-state index contributed by atoms with van der Waals surface area (Å²) in [6, 6.07) is 6.86. The third kappa shape index (κ3) is 3.51. The molecule has 1 heterocycles. The number of nitrogens with one attached hydrogen (secondary N) is 1. The number of benzene rings is 1. The Morgan fingerprint density at radius 3 is 2.67 bits per heavy atom. The monoisotopic (exact) mass is 350 g/mol. The molecule has 0 atom stereocenters. The third-order valence-corrected chi connectivity index (χ3v) is 3.82. The van der Waals surface area contributed by atoms with Crippen molar-refractivity contribution in [2.45, 2.75) is 19.9 Å². The second kappa shape index (κ2) is 7.35. The summed E-state index contributed by atoms with van der Waals surface area (Å²) in [5, 5.41) is 3.43. The van der Waals surface area contributed by atoms with Crippen LogP contribution in [0.5, 0.6) is 0 Å². The van der Waals surface area contributed by atoms with Crippen molar-refractivity contribution in [3.8, 4) is 0 Å². The molecule has 2 aromatic rings. The molecule has 0 spiro atoms. The standard InChI is InChI=1S/C16H19ClN4O3/c1-3-7-21-14(18)13(15(23)20(2)16(21)24)12(22)9-19-11-6-4-5-10(17)8-11/h4-6,8,19H,3,7,9,18H2,1-2H3. The maximum Gasteiger partial charge on any atom is 0.332 e. The highest BCUT2D eigenvalue weighted by Crippen LogP contribution is 2.15. The van der Waals surface area contributed by atoms with E-state index in [1.807, 2.05) is 6.92 Å². The molecular formula is C16H19ClN4O3. The molecule has 0 saturated carbocycles. The van der Waals surface area contributed by atoms with Gasteiger partial charge in [0.1, 0.15) is 11.4 Å². The lowest BCUT2D eigenvalue weighted by Gasteiger charge is -2.14. The van der Waals surface area contributed by atoms with Crippen LogP contribution < -0.4 is 22.3 Å². The molecule has 1 aromatic heterocycles. The summed E-state index contributed by atoms with van der Waals surface area (Å²) >= 11 is 5.89. The van der Waals surface area contributed by atoms with Crippen molar-refractivity contribution < 1.29 is 4.79 Å². The van der Waals surface area contributed by atoms with Gasteiger partial charge in [-0.25, -0.2) is 4.79 Å². The van der Waals surface area contributed by atoms with Crippen molar-refractivity contribution in [3.05, 3.63) is 55.7 Å². The number of nitrogen functional groups attached to an aromatic ring is 1. The van der Waals surface area contributed by atoms with Gasteiger partial charge < -0.3 is 11.1 Å². The minimum atomic E-state index is -0.692. The molecule has 1 aromatic carbocycles. The molecule has 128 valence electrons. The summed E-state index contributed by atoms with van der Waals surface area (Å²) < 4.78 is 2.15. The Balaban J connectivity index is 2.35. The zero-order chi connectivity index (χ0) is 17.9. The average molecular weight is 351 g/mol. The van der Waals surface area contributed by atoms with E-state index in [0.29, 0.717) is 23.7 Å². The molecule has 3 N–H and O–H groups in total. The smallest absolute Gasteiger partial charge is 0.332 e. The van der Waals surface area contributed by atoms with Gasteiger partial charge in [0.25, 0.3) is 5.56 Å². The Morgan fingerprint density at radius 1 is 1.33 bits per heavy atom. The van der Waals surface area contributed by atoms with Crippen LogP contribution in [0.1, 0.15) is 23.7 Å². The fourth-order valence-corrected chi connectivity index (χ4v) is 2.54. The number of halogens is 1. The van der Waals surface area contributed by atoms with Crippen molar-refractivity contribution in [2.75, 3.05) is 17.6 Å². The molecule has 8 heteroatoms. The molecule has 0 aliphatic rings. The molecule has 0 amide bonds. The number of rotatable bonds is 6. The van der Waals surface area contributed by atoms with Gasteiger partial charge in [0.2, 0.25) is 0 Å². The molecule has 0 aliphatic heterocycles. The number of nitrogens with two attached hydrogens (primary N) is 1. The number of ketones is 1. The Kier molecular flexibility index (Phi) is 5.46. The lowest BCUT2D eigenvalue weighted by molar-refractivity contribution is 0.100. The molecule has 7 nitrogen and oxygen atoms in total. The number of carbonyl (C=O) groups is 1. The predicted octanol–water partition coefficient (Wildman–Crippen LogP) is 1.49. The van der Waals surface area contributed by atoms with E-state index in [4.69, 9.17) is 17.3 Å². The SMILES string of the molecule is CCCn1c(N)c(C(=O)CNc2cccc(Cl)c2)c(=O)n(C)c1=O. The number of aromatic nitrogens is 2. The highest BCUT2D eigenvalue weighted by molar-refractivity contribution is 6.30. The summed E-state index contributed by atoms with van der Waals surface area (Å²) in [7, 11) is 1.33. The van der Waals surface area contributed by atoms with Crippen molar-refractivity contribution in [1.82, 2.24) is 9.13 Å². The van der Waals surface area contributed by atoms with Gasteiger partial charge in [-0.3, -0.25) is 18.7 Å². The Morgan fingerprint density at radius 2 is 2.04 bits per heavy atom. The van der Waals surface area contributed by atoms with Crippen LogP contribution in [0, 0.1) is 0 Å². The van der Waals surface area contributed by atoms with Gasteiger partial charge in [-0.05, 0) is 24.6 Å². The summed E-state index contributed by atoms with van der Waals surface area (Å²) in [5.41, 5.74) is 5.16. The Hall–Kier alpha value is -2.54. The first-order valence-electron chi connectivity index (χ1n) is 7.48. The van der Waals surface area contributed by atoms with Gasteiger partial charge in [0.05, 0.1) is 6.54 Å². The Labute approximate surface area is 143 Å². The first kappa shape index (κ1) is 17.8. The van der Waals surface area contributed by atoms with Crippen LogP contribution in [0.3, 0.4) is 0 Å². The minimum Gasteiger partial charge on any atom is -0.384 e. The van der Waals surface area contributed by atoms with Crippen LogP contribution in [0.25, 0.3) is 0 Å². The molecule has 24 heavy (non-hydrogen) atoms. The molecule has 2 rings (SSSR count). The number of carbonyl (C=O) groups excluding carboxylic acids is 1. The largest absolute Gasteiger partial charge is 0.384 e. The Bertz CT molecular complexity index is 886. The van der Waals surface area contributed by atoms with Gasteiger partial charge >= 0.3 is 5.69 Å². The number of hydrogen-bond donors (Lipinski definition) is 2. The van der Waals surface area contributed by atoms with E-state index in [1.54, 1.807) is 24.3 Å². The van der Waals surface area contributed by atoms with Crippen LogP contribution in [-0.4, -0.2) is 21.5 Å². The zero-order valence-electron chi connectivity index (χ0n) is 13.5. The number of nitrogens with zero attached hydrogens (tertiary/aromatic N) is 2. The van der Waals surface area contributed by atoms with E-state index in [1.165, 1.54) is 11.6 Å². The highest BCUT2D eigenvalue weighted by Gasteiger charge is 2.20. The molecule has 0 bridgehead atoms. The fourth-order valence-electron chi connectivity index (χ4n) is 2.35. The quantitative estimate of drug-likeness (QED) is 0.769. The molecule has 0 saturated heterocycles. The van der Waals surface area contributed by atoms with Crippen molar-refractivity contribution >= 4 is 28.9 Å². The average Bonchev–Trinajstić information content (AvgIpc) is 2.55. The van der Waals surface area contributed by atoms with E-state index in [9.17, 15) is 14.4 Å². The lowest BCUT2D eigenvalue weighted by Crippen LogP contribution is -2.43. The highest BCUT2D eigenvalue weighted by atomic mass is 35.5. The van der Waals surface area contributed by atoms with Gasteiger partial charge in [-0.15, -0.1) is 0 Å². The number of Topliss-reactive ketones (excluding diaryl/α,β-unsaturated/α-hetero) is 1. The number of anilines is 2. The van der Waals surface area contributed by atoms with E-state index in [-0.39, 0.29) is 17.9 Å². The zero-order valence-corrected chi connectivity index (χ0v) is 14.3. The van der Waals surface area contributed by atoms with E-state index in [0.717, 1.165) is 4.57 Å². The van der Waals surface area contributed by atoms with E-state index in [2.05, 4.69) is 5.32 Å². The van der Waals surface area contributed by atoms with Crippen molar-refractivity contribution in [1.29, 1.82) is 0 Å². The van der Waals surface area contributed by atoms with Crippen molar-refractivity contribution in [3.63, 3.8) is 0 Å². The molecular weight excluding hydrogens is 332 g/mol. The van der Waals surface area contributed by atoms with Crippen LogP contribution in [0.4, 0.5) is 11.5 Å². The van der Waals surface area contributed by atoms with Crippen LogP contribution in [0.2, 0.25) is 5.02 Å². The van der Waals surface area contributed by atoms with Crippen LogP contribution in [-0.2, 0) is 13.6 Å². The van der Waals surface area contributed by atoms with Gasteiger partial charge in [0.15, 0.2) is 5.78 Å². The summed E-state index contributed by atoms with van der Waals surface area (Å²) in [5.74, 6) is -0.583. The predicted molar refractivity (Wildman–Crippen MR) is 94.9 cm³/mol.